The van der Waals surface area contributed by atoms with Crippen LogP contribution in [0.5, 0.6) is 0 Å². The van der Waals surface area contributed by atoms with Crippen LogP contribution in [-0.4, -0.2) is 74.7 Å². The molecule has 0 bridgehead atoms. The summed E-state index contributed by atoms with van der Waals surface area (Å²) in [5.41, 5.74) is 0. The quantitative estimate of drug-likeness (QED) is 0.725. The molecule has 2 atom stereocenters. The van der Waals surface area contributed by atoms with Crippen LogP contribution >= 0.6 is 0 Å². The molecule has 0 aromatic rings. The Balaban J connectivity index is 2.55. The fourth-order valence-electron chi connectivity index (χ4n) is 2.22. The number of carbonyl (C=O) groups is 1. The van der Waals surface area contributed by atoms with Gasteiger partial charge in [-0.1, -0.05) is 0 Å². The van der Waals surface area contributed by atoms with Gasteiger partial charge in [0.1, 0.15) is 6.10 Å². The highest BCUT2D eigenvalue weighted by molar-refractivity contribution is 5.81. The van der Waals surface area contributed by atoms with Gasteiger partial charge < -0.3 is 19.9 Å². The summed E-state index contributed by atoms with van der Waals surface area (Å²) in [6, 6.07) is 0.216. The molecule has 0 radical (unpaired) electrons. The predicted octanol–water partition coefficient (Wildman–Crippen LogP) is -0.227. The Morgan fingerprint density at radius 2 is 2.24 bits per heavy atom. The Kier molecular flexibility index (Phi) is 5.88. The number of nitrogens with zero attached hydrogens (tertiary/aromatic N) is 2. The van der Waals surface area contributed by atoms with Crippen molar-refractivity contribution in [2.45, 2.75) is 26.0 Å². The van der Waals surface area contributed by atoms with Crippen LogP contribution in [0.4, 0.5) is 0 Å². The van der Waals surface area contributed by atoms with Gasteiger partial charge in [-0.3, -0.25) is 4.79 Å². The molecule has 1 saturated heterocycles. The number of carbonyl (C=O) groups excluding carboxylic acids is 1. The van der Waals surface area contributed by atoms with Crippen molar-refractivity contribution >= 4 is 5.91 Å². The summed E-state index contributed by atoms with van der Waals surface area (Å²) < 4.78 is 5.51. The smallest absolute Gasteiger partial charge is 0.253 e. The minimum Gasteiger partial charge on any atom is -0.366 e. The highest BCUT2D eigenvalue weighted by atomic mass is 16.5. The normalized spacial score (nSPS) is 22.5. The number of morpholine rings is 1. The second-order valence-corrected chi connectivity index (χ2v) is 4.80. The monoisotopic (exact) mass is 243 g/mol. The van der Waals surface area contributed by atoms with Crippen LogP contribution in [0.3, 0.4) is 0 Å². The third-order valence-electron chi connectivity index (χ3n) is 2.99. The second kappa shape index (κ2) is 6.93. The summed E-state index contributed by atoms with van der Waals surface area (Å²) in [4.78, 5) is 16.3. The number of hydrogen-bond acceptors (Lipinski definition) is 4. The van der Waals surface area contributed by atoms with Crippen LogP contribution in [0.15, 0.2) is 0 Å². The molecule has 5 heteroatoms. The molecule has 2 unspecified atom stereocenters. The fraction of sp³-hybridized carbons (Fsp3) is 0.917. The molecule has 0 spiro atoms. The van der Waals surface area contributed by atoms with E-state index in [-0.39, 0.29) is 18.1 Å². The molecular weight excluding hydrogens is 218 g/mol. The summed E-state index contributed by atoms with van der Waals surface area (Å²) in [5.74, 6) is 0.106. The second-order valence-electron chi connectivity index (χ2n) is 4.80. The highest BCUT2D eigenvalue weighted by Gasteiger charge is 2.28. The zero-order chi connectivity index (χ0) is 12.8. The number of hydrogen-bond donors (Lipinski definition) is 1. The molecule has 17 heavy (non-hydrogen) atoms. The van der Waals surface area contributed by atoms with Crippen molar-refractivity contribution in [2.75, 3.05) is 46.9 Å². The average Bonchev–Trinajstić information content (AvgIpc) is 2.30. The number of amides is 1. The van der Waals surface area contributed by atoms with Crippen molar-refractivity contribution in [3.05, 3.63) is 0 Å². The minimum absolute atomic E-state index is 0.106. The summed E-state index contributed by atoms with van der Waals surface area (Å²) in [6.07, 6.45) is -0.312. The van der Waals surface area contributed by atoms with Crippen LogP contribution < -0.4 is 5.32 Å². The zero-order valence-corrected chi connectivity index (χ0v) is 11.4. The van der Waals surface area contributed by atoms with Gasteiger partial charge in [-0.2, -0.15) is 0 Å². The van der Waals surface area contributed by atoms with Gasteiger partial charge in [0.05, 0.1) is 6.61 Å². The Morgan fingerprint density at radius 3 is 2.71 bits per heavy atom. The lowest BCUT2D eigenvalue weighted by molar-refractivity contribution is -0.147. The van der Waals surface area contributed by atoms with Crippen molar-refractivity contribution in [1.82, 2.24) is 15.1 Å². The molecule has 100 valence electrons. The van der Waals surface area contributed by atoms with Crippen molar-refractivity contribution in [3.8, 4) is 0 Å². The first-order valence-electron chi connectivity index (χ1n) is 6.33. The summed E-state index contributed by atoms with van der Waals surface area (Å²) in [6.45, 7) is 7.79. The molecule has 0 aromatic carbocycles. The fourth-order valence-corrected chi connectivity index (χ4v) is 2.22. The number of rotatable bonds is 5. The van der Waals surface area contributed by atoms with E-state index in [0.29, 0.717) is 13.2 Å². The van der Waals surface area contributed by atoms with Crippen molar-refractivity contribution in [1.29, 1.82) is 0 Å². The average molecular weight is 243 g/mol. The molecule has 1 aliphatic rings. The van der Waals surface area contributed by atoms with Gasteiger partial charge in [0, 0.05) is 32.2 Å². The van der Waals surface area contributed by atoms with Crippen LogP contribution in [-0.2, 0) is 9.53 Å². The summed E-state index contributed by atoms with van der Waals surface area (Å²) >= 11 is 0. The van der Waals surface area contributed by atoms with Gasteiger partial charge in [-0.25, -0.2) is 0 Å². The van der Waals surface area contributed by atoms with E-state index in [1.807, 2.05) is 25.9 Å². The van der Waals surface area contributed by atoms with Gasteiger partial charge >= 0.3 is 0 Å². The molecule has 0 saturated carbocycles. The molecular formula is C12H25N3O2. The standard InChI is InChI=1S/C12H25N3O2/c1-5-15(10(2)9-14(3)4)12(16)11-8-13-6-7-17-11/h10-11,13H,5-9H2,1-4H3. The van der Waals surface area contributed by atoms with Gasteiger partial charge in [-0.05, 0) is 27.9 Å². The lowest BCUT2D eigenvalue weighted by Gasteiger charge is -2.34. The van der Waals surface area contributed by atoms with Gasteiger partial charge in [0.2, 0.25) is 0 Å². The highest BCUT2D eigenvalue weighted by Crippen LogP contribution is 2.07. The molecule has 1 heterocycles. The van der Waals surface area contributed by atoms with Crippen molar-refractivity contribution in [3.63, 3.8) is 0 Å². The number of likely N-dealkylation sites (N-methyl/N-ethyl adjacent to an activating group) is 2. The topological polar surface area (TPSA) is 44.8 Å². The van der Waals surface area contributed by atoms with Crippen molar-refractivity contribution in [2.24, 2.45) is 0 Å². The van der Waals surface area contributed by atoms with E-state index in [1.165, 1.54) is 0 Å². The molecule has 1 rings (SSSR count). The Hall–Kier alpha value is -0.650. The van der Waals surface area contributed by atoms with E-state index in [9.17, 15) is 4.79 Å². The van der Waals surface area contributed by atoms with Gasteiger partial charge in [0.15, 0.2) is 0 Å². The lowest BCUT2D eigenvalue weighted by atomic mass is 10.2. The molecule has 0 aromatic heterocycles. The first-order valence-corrected chi connectivity index (χ1v) is 6.33. The third-order valence-corrected chi connectivity index (χ3v) is 2.99. The Labute approximate surface area is 104 Å². The number of ether oxygens (including phenoxy) is 1. The van der Waals surface area contributed by atoms with Crippen LogP contribution in [0, 0.1) is 0 Å². The molecule has 0 aliphatic carbocycles. The van der Waals surface area contributed by atoms with E-state index < -0.39 is 0 Å². The van der Waals surface area contributed by atoms with Crippen LogP contribution in [0.25, 0.3) is 0 Å². The first kappa shape index (κ1) is 14.4. The number of nitrogens with one attached hydrogen (secondary N) is 1. The van der Waals surface area contributed by atoms with E-state index in [1.54, 1.807) is 0 Å². The molecule has 1 fully saturated rings. The minimum atomic E-state index is -0.312. The zero-order valence-electron chi connectivity index (χ0n) is 11.4. The SMILES string of the molecule is CCN(C(=O)C1CNCCO1)C(C)CN(C)C. The molecule has 5 nitrogen and oxygen atoms in total. The Morgan fingerprint density at radius 1 is 1.53 bits per heavy atom. The van der Waals surface area contributed by atoms with E-state index >= 15 is 0 Å². The van der Waals surface area contributed by atoms with Crippen molar-refractivity contribution < 1.29 is 9.53 Å². The third kappa shape index (κ3) is 4.26. The predicted molar refractivity (Wildman–Crippen MR) is 68.0 cm³/mol. The van der Waals surface area contributed by atoms with Gasteiger partial charge in [0.25, 0.3) is 5.91 Å². The molecule has 1 amide bonds. The lowest BCUT2D eigenvalue weighted by Crippen LogP contribution is -2.53. The van der Waals surface area contributed by atoms with E-state index in [2.05, 4.69) is 17.1 Å². The maximum atomic E-state index is 12.3. The summed E-state index contributed by atoms with van der Waals surface area (Å²) in [7, 11) is 4.04. The maximum Gasteiger partial charge on any atom is 0.253 e. The van der Waals surface area contributed by atoms with E-state index in [0.717, 1.165) is 19.6 Å². The van der Waals surface area contributed by atoms with Gasteiger partial charge in [-0.15, -0.1) is 0 Å². The van der Waals surface area contributed by atoms with Crippen LogP contribution in [0.2, 0.25) is 0 Å². The molecule has 1 aliphatic heterocycles. The largest absolute Gasteiger partial charge is 0.366 e. The Bertz CT molecular complexity index is 240. The molecule has 1 N–H and O–H groups in total. The first-order chi connectivity index (χ1) is 8.06. The van der Waals surface area contributed by atoms with Crippen LogP contribution in [0.1, 0.15) is 13.8 Å². The summed E-state index contributed by atoms with van der Waals surface area (Å²) in [5, 5.41) is 3.19. The maximum absolute atomic E-state index is 12.3. The van der Waals surface area contributed by atoms with E-state index in [4.69, 9.17) is 4.74 Å².